The van der Waals surface area contributed by atoms with E-state index in [9.17, 15) is 18.0 Å². The molecule has 5 aromatic rings. The van der Waals surface area contributed by atoms with Gasteiger partial charge in [-0.1, -0.05) is 11.3 Å². The minimum Gasteiger partial charge on any atom is -0.481 e. The first-order valence-corrected chi connectivity index (χ1v) is 14.4. The van der Waals surface area contributed by atoms with E-state index in [4.69, 9.17) is 4.74 Å². The number of ether oxygens (including phenoxy) is 1. The molecule has 0 radical (unpaired) electrons. The largest absolute Gasteiger partial charge is 0.481 e. The van der Waals surface area contributed by atoms with Gasteiger partial charge in [-0.2, -0.15) is 13.2 Å². The number of methoxy groups -OCH3 is 1. The van der Waals surface area contributed by atoms with E-state index < -0.39 is 11.7 Å². The molecule has 230 valence electrons. The normalized spacial score (nSPS) is 14.2. The van der Waals surface area contributed by atoms with Crippen LogP contribution < -0.4 is 20.5 Å². The van der Waals surface area contributed by atoms with Gasteiger partial charge in [-0.3, -0.25) is 4.79 Å². The fourth-order valence-corrected chi connectivity index (χ4v) is 5.73. The molecule has 1 aliphatic rings. The first-order valence-electron chi connectivity index (χ1n) is 14.4. The third kappa shape index (κ3) is 5.60. The lowest BCUT2D eigenvalue weighted by molar-refractivity contribution is -0.137. The summed E-state index contributed by atoms with van der Waals surface area (Å²) in [5.41, 5.74) is 1.89. The van der Waals surface area contributed by atoms with E-state index in [1.807, 2.05) is 43.3 Å². The number of nitrogens with zero attached hydrogens (tertiary/aromatic N) is 7. The Hall–Kier alpha value is -4.49. The quantitative estimate of drug-likeness (QED) is 0.281. The molecule has 13 heteroatoms. The van der Waals surface area contributed by atoms with E-state index in [1.165, 1.54) is 10.7 Å². The van der Waals surface area contributed by atoms with Crippen molar-refractivity contribution in [1.29, 1.82) is 0 Å². The Morgan fingerprint density at radius 3 is 2.48 bits per heavy atom. The molecule has 0 amide bonds. The number of benzene rings is 2. The summed E-state index contributed by atoms with van der Waals surface area (Å²) in [5.74, 6) is 0.471. The molecule has 2 aromatic carbocycles. The zero-order valence-corrected chi connectivity index (χ0v) is 24.7. The SMILES string of the molecule is COc1ccc(-c2ccc3c(c2)c2c(nnn2-c2ccc(N4CCNCC4)c(C(F)(F)F)c2)c(=O)n3CCCN(C)C)cn1. The second-order valence-electron chi connectivity index (χ2n) is 11.1. The summed E-state index contributed by atoms with van der Waals surface area (Å²) in [6.07, 6.45) is -2.19. The van der Waals surface area contributed by atoms with Crippen LogP contribution in [0.25, 0.3) is 38.8 Å². The Morgan fingerprint density at radius 2 is 1.80 bits per heavy atom. The molecule has 1 aliphatic heterocycles. The lowest BCUT2D eigenvalue weighted by atomic mass is 10.0. The van der Waals surface area contributed by atoms with E-state index in [2.05, 4.69) is 20.6 Å². The van der Waals surface area contributed by atoms with E-state index in [0.29, 0.717) is 61.4 Å². The molecule has 0 atom stereocenters. The smallest absolute Gasteiger partial charge is 0.418 e. The molecule has 10 nitrogen and oxygen atoms in total. The van der Waals surface area contributed by atoms with Gasteiger partial charge in [0.15, 0.2) is 5.52 Å². The van der Waals surface area contributed by atoms with E-state index in [0.717, 1.165) is 23.7 Å². The van der Waals surface area contributed by atoms with Crippen LogP contribution in [0, 0.1) is 0 Å². The summed E-state index contributed by atoms with van der Waals surface area (Å²) >= 11 is 0. The van der Waals surface area contributed by atoms with Gasteiger partial charge < -0.3 is 24.4 Å². The number of pyridine rings is 2. The number of hydrogen-bond acceptors (Lipinski definition) is 8. The number of nitrogens with one attached hydrogen (secondary N) is 1. The molecule has 1 fully saturated rings. The van der Waals surface area contributed by atoms with Crippen molar-refractivity contribution in [3.8, 4) is 22.7 Å². The Morgan fingerprint density at radius 1 is 1.02 bits per heavy atom. The standard InChI is InChI=1S/C31H33F3N8O2/c1-39(2)13-4-14-41-25-8-5-20(21-6-10-27(44-3)36-19-21)17-23(25)29-28(30(41)43)37-38-42(29)22-7-9-26(24(18-22)31(32,33)34)40-15-11-35-12-16-40/h5-10,17-19,35H,4,11-16H2,1-3H3. The van der Waals surface area contributed by atoms with Gasteiger partial charge in [0, 0.05) is 61.6 Å². The predicted octanol–water partition coefficient (Wildman–Crippen LogP) is 4.19. The molecule has 44 heavy (non-hydrogen) atoms. The van der Waals surface area contributed by atoms with Crippen molar-refractivity contribution in [3.05, 3.63) is 70.6 Å². The first kappa shape index (κ1) is 29.6. The number of hydrogen-bond donors (Lipinski definition) is 1. The summed E-state index contributed by atoms with van der Waals surface area (Å²) < 4.78 is 51.5. The van der Waals surface area contributed by atoms with Gasteiger partial charge in [-0.25, -0.2) is 9.67 Å². The fourth-order valence-electron chi connectivity index (χ4n) is 5.73. The summed E-state index contributed by atoms with van der Waals surface area (Å²) in [7, 11) is 5.47. The Balaban J connectivity index is 1.56. The molecule has 1 saturated heterocycles. The highest BCUT2D eigenvalue weighted by atomic mass is 19.4. The van der Waals surface area contributed by atoms with Gasteiger partial charge in [0.05, 0.1) is 23.9 Å². The summed E-state index contributed by atoms with van der Waals surface area (Å²) in [6.45, 7) is 3.36. The molecular formula is C31H33F3N8O2. The van der Waals surface area contributed by atoms with Crippen LogP contribution in [0.4, 0.5) is 18.9 Å². The number of aryl methyl sites for hydroxylation is 1. The molecule has 0 unspecified atom stereocenters. The first-order chi connectivity index (χ1) is 21.2. The van der Waals surface area contributed by atoms with Crippen LogP contribution in [0.5, 0.6) is 5.88 Å². The second-order valence-corrected chi connectivity index (χ2v) is 11.1. The minimum absolute atomic E-state index is 0.0899. The molecular weight excluding hydrogens is 573 g/mol. The molecule has 0 spiro atoms. The molecule has 6 rings (SSSR count). The van der Waals surface area contributed by atoms with Crippen molar-refractivity contribution in [2.45, 2.75) is 19.1 Å². The van der Waals surface area contributed by atoms with Crippen molar-refractivity contribution >= 4 is 27.6 Å². The fraction of sp³-hybridized carbons (Fsp3) is 0.355. The Bertz CT molecular complexity index is 1860. The van der Waals surface area contributed by atoms with Crippen molar-refractivity contribution in [3.63, 3.8) is 0 Å². The van der Waals surface area contributed by atoms with Crippen molar-refractivity contribution < 1.29 is 17.9 Å². The molecule has 0 aliphatic carbocycles. The average Bonchev–Trinajstić information content (AvgIpc) is 3.48. The van der Waals surface area contributed by atoms with E-state index >= 15 is 0 Å². The van der Waals surface area contributed by atoms with Crippen LogP contribution in [0.1, 0.15) is 12.0 Å². The highest BCUT2D eigenvalue weighted by Gasteiger charge is 2.36. The number of rotatable bonds is 8. The van der Waals surface area contributed by atoms with Gasteiger partial charge in [0.25, 0.3) is 5.56 Å². The zero-order chi connectivity index (χ0) is 31.0. The Kier molecular flexibility index (Phi) is 7.99. The number of anilines is 1. The second kappa shape index (κ2) is 11.9. The minimum atomic E-state index is -4.59. The van der Waals surface area contributed by atoms with Crippen LogP contribution >= 0.6 is 0 Å². The van der Waals surface area contributed by atoms with E-state index in [1.54, 1.807) is 34.9 Å². The summed E-state index contributed by atoms with van der Waals surface area (Å²) in [4.78, 5) is 21.9. The van der Waals surface area contributed by atoms with Crippen LogP contribution in [0.15, 0.2) is 59.5 Å². The summed E-state index contributed by atoms with van der Waals surface area (Å²) in [6, 6.07) is 13.5. The molecule has 0 bridgehead atoms. The number of fused-ring (bicyclic) bond motifs is 3. The average molecular weight is 607 g/mol. The van der Waals surface area contributed by atoms with Crippen molar-refractivity contribution in [2.75, 3.05) is 58.8 Å². The van der Waals surface area contributed by atoms with Gasteiger partial charge >= 0.3 is 6.18 Å². The highest BCUT2D eigenvalue weighted by Crippen LogP contribution is 2.39. The molecule has 0 saturated carbocycles. The maximum Gasteiger partial charge on any atom is 0.418 e. The van der Waals surface area contributed by atoms with Crippen LogP contribution in [-0.2, 0) is 12.7 Å². The third-order valence-corrected chi connectivity index (χ3v) is 7.91. The van der Waals surface area contributed by atoms with Crippen LogP contribution in [0.2, 0.25) is 0 Å². The van der Waals surface area contributed by atoms with Crippen LogP contribution in [0.3, 0.4) is 0 Å². The topological polar surface area (TPSA) is 93.3 Å². The number of piperazine rings is 1. The number of alkyl halides is 3. The lowest BCUT2D eigenvalue weighted by Crippen LogP contribution is -2.44. The van der Waals surface area contributed by atoms with Gasteiger partial charge in [0.2, 0.25) is 5.88 Å². The van der Waals surface area contributed by atoms with Gasteiger partial charge in [0.1, 0.15) is 5.52 Å². The van der Waals surface area contributed by atoms with Crippen molar-refractivity contribution in [2.24, 2.45) is 0 Å². The van der Waals surface area contributed by atoms with Crippen LogP contribution in [-0.4, -0.2) is 83.4 Å². The predicted molar refractivity (Wildman–Crippen MR) is 164 cm³/mol. The lowest BCUT2D eigenvalue weighted by Gasteiger charge is -2.31. The summed E-state index contributed by atoms with van der Waals surface area (Å²) in [5, 5.41) is 12.3. The van der Waals surface area contributed by atoms with Crippen molar-refractivity contribution in [1.82, 2.24) is 34.8 Å². The maximum absolute atomic E-state index is 14.4. The third-order valence-electron chi connectivity index (χ3n) is 7.91. The molecule has 4 heterocycles. The number of aromatic nitrogens is 5. The zero-order valence-electron chi connectivity index (χ0n) is 24.7. The maximum atomic E-state index is 14.4. The highest BCUT2D eigenvalue weighted by molar-refractivity contribution is 6.04. The van der Waals surface area contributed by atoms with Gasteiger partial charge in [-0.15, -0.1) is 5.10 Å². The number of halogens is 3. The Labute approximate surface area is 251 Å². The molecule has 1 N–H and O–H groups in total. The van der Waals surface area contributed by atoms with Gasteiger partial charge in [-0.05, 0) is 69.0 Å². The van der Waals surface area contributed by atoms with E-state index in [-0.39, 0.29) is 22.5 Å². The molecule has 3 aromatic heterocycles. The monoisotopic (exact) mass is 606 g/mol.